The van der Waals surface area contributed by atoms with Gasteiger partial charge in [0.05, 0.1) is 0 Å². The van der Waals surface area contributed by atoms with Crippen molar-refractivity contribution in [3.05, 3.63) is 34.9 Å². The summed E-state index contributed by atoms with van der Waals surface area (Å²) in [5.74, 6) is 0.0860. The predicted molar refractivity (Wildman–Crippen MR) is 103 cm³/mol. The van der Waals surface area contributed by atoms with Crippen LogP contribution < -0.4 is 10.6 Å². The maximum absolute atomic E-state index is 12.9. The molecule has 1 fully saturated rings. The molecule has 0 aromatic heterocycles. The first-order chi connectivity index (χ1) is 11.5. The van der Waals surface area contributed by atoms with Crippen molar-refractivity contribution in [2.24, 2.45) is 5.92 Å². The third-order valence-corrected chi connectivity index (χ3v) is 4.32. The van der Waals surface area contributed by atoms with E-state index in [1.807, 2.05) is 4.90 Å². The van der Waals surface area contributed by atoms with Gasteiger partial charge in [-0.05, 0) is 49.6 Å². The van der Waals surface area contributed by atoms with Gasteiger partial charge in [0.1, 0.15) is 6.04 Å². The summed E-state index contributed by atoms with van der Waals surface area (Å²) in [6, 6.07) is 6.20. The van der Waals surface area contributed by atoms with Crippen LogP contribution in [0.5, 0.6) is 0 Å². The summed E-state index contributed by atoms with van der Waals surface area (Å²) in [4.78, 5) is 27.2. The largest absolute Gasteiger partial charge is 0.340 e. The molecule has 0 aliphatic carbocycles. The molecule has 140 valence electrons. The van der Waals surface area contributed by atoms with Crippen molar-refractivity contribution < 1.29 is 9.59 Å². The van der Waals surface area contributed by atoms with Gasteiger partial charge in [0.15, 0.2) is 0 Å². The van der Waals surface area contributed by atoms with Crippen LogP contribution in [0.1, 0.15) is 37.0 Å². The smallest absolute Gasteiger partial charge is 0.251 e. The fourth-order valence-corrected chi connectivity index (χ4v) is 2.95. The minimum Gasteiger partial charge on any atom is -0.340 e. The molecule has 7 heteroatoms. The maximum Gasteiger partial charge on any atom is 0.251 e. The number of carbonyl (C=O) groups excluding carboxylic acids is 2. The number of rotatable bonds is 5. The van der Waals surface area contributed by atoms with Gasteiger partial charge < -0.3 is 15.5 Å². The summed E-state index contributed by atoms with van der Waals surface area (Å²) in [6.07, 6.45) is 1.56. The van der Waals surface area contributed by atoms with Gasteiger partial charge in [-0.25, -0.2) is 0 Å². The Labute approximate surface area is 160 Å². The summed E-state index contributed by atoms with van der Waals surface area (Å²) in [5.41, 5.74) is 0.512. The molecule has 1 aliphatic heterocycles. The molecule has 0 bridgehead atoms. The van der Waals surface area contributed by atoms with E-state index in [0.717, 1.165) is 26.1 Å². The topological polar surface area (TPSA) is 61.4 Å². The number of nitrogens with one attached hydrogen (secondary N) is 2. The molecule has 25 heavy (non-hydrogen) atoms. The molecular weight excluding hydrogens is 361 g/mol. The van der Waals surface area contributed by atoms with Crippen LogP contribution >= 0.6 is 24.0 Å². The summed E-state index contributed by atoms with van der Waals surface area (Å²) in [5, 5.41) is 6.78. The van der Waals surface area contributed by atoms with Crippen LogP contribution in [0.3, 0.4) is 0 Å². The number of benzene rings is 1. The van der Waals surface area contributed by atoms with Gasteiger partial charge in [-0.1, -0.05) is 25.4 Å². The molecule has 5 nitrogen and oxygen atoms in total. The summed E-state index contributed by atoms with van der Waals surface area (Å²) < 4.78 is 0. The molecule has 0 spiro atoms. The van der Waals surface area contributed by atoms with Gasteiger partial charge in [0.25, 0.3) is 5.91 Å². The summed E-state index contributed by atoms with van der Waals surface area (Å²) in [7, 11) is 0. The number of amides is 2. The Morgan fingerprint density at radius 1 is 1.20 bits per heavy atom. The Hall–Kier alpha value is -1.30. The molecule has 1 aliphatic rings. The lowest BCUT2D eigenvalue weighted by Crippen LogP contribution is -2.50. The second-order valence-corrected chi connectivity index (χ2v) is 7.03. The SMILES string of the molecule is CC(C)CC(NC(=O)c1ccc(Cl)cc1)C(=O)N1CCCNCC1.Cl. The maximum atomic E-state index is 12.9. The molecule has 1 unspecified atom stereocenters. The summed E-state index contributed by atoms with van der Waals surface area (Å²) >= 11 is 5.86. The highest BCUT2D eigenvalue weighted by molar-refractivity contribution is 6.30. The second kappa shape index (κ2) is 10.6. The Morgan fingerprint density at radius 2 is 1.88 bits per heavy atom. The van der Waals surface area contributed by atoms with Crippen molar-refractivity contribution in [1.82, 2.24) is 15.5 Å². The van der Waals surface area contributed by atoms with Crippen LogP contribution in [0.4, 0.5) is 0 Å². The highest BCUT2D eigenvalue weighted by atomic mass is 35.5. The summed E-state index contributed by atoms with van der Waals surface area (Å²) in [6.45, 7) is 7.25. The van der Waals surface area contributed by atoms with Crippen LogP contribution in [0.15, 0.2) is 24.3 Å². The van der Waals surface area contributed by atoms with Gasteiger partial charge in [-0.2, -0.15) is 0 Å². The second-order valence-electron chi connectivity index (χ2n) is 6.59. The highest BCUT2D eigenvalue weighted by Gasteiger charge is 2.27. The number of halogens is 2. The van der Waals surface area contributed by atoms with Crippen LogP contribution in [0.25, 0.3) is 0 Å². The standard InChI is InChI=1S/C18H26ClN3O2.ClH/c1-13(2)12-16(18(24)22-10-3-8-20-9-11-22)21-17(23)14-4-6-15(19)7-5-14;/h4-7,13,16,20H,3,8-12H2,1-2H3,(H,21,23);1H. The highest BCUT2D eigenvalue weighted by Crippen LogP contribution is 2.13. The molecule has 1 saturated heterocycles. The number of carbonyl (C=O) groups is 2. The first-order valence-electron chi connectivity index (χ1n) is 8.53. The molecule has 1 atom stereocenters. The quantitative estimate of drug-likeness (QED) is 0.816. The minimum atomic E-state index is -0.494. The first kappa shape index (κ1) is 21.7. The minimum absolute atomic E-state index is 0. The van der Waals surface area contributed by atoms with Gasteiger partial charge in [0, 0.05) is 30.2 Å². The Balaban J connectivity index is 0.00000312. The Bertz CT molecular complexity index is 556. The van der Waals surface area contributed by atoms with E-state index in [1.165, 1.54) is 0 Å². The molecule has 1 aromatic carbocycles. The lowest BCUT2D eigenvalue weighted by Gasteiger charge is -2.27. The monoisotopic (exact) mass is 387 g/mol. The number of nitrogens with zero attached hydrogens (tertiary/aromatic N) is 1. The van der Waals surface area contributed by atoms with Crippen molar-refractivity contribution >= 4 is 35.8 Å². The fraction of sp³-hybridized carbons (Fsp3) is 0.556. The Kier molecular flexibility index (Phi) is 9.25. The molecule has 0 radical (unpaired) electrons. The van der Waals surface area contributed by atoms with E-state index in [4.69, 9.17) is 11.6 Å². The molecule has 2 N–H and O–H groups in total. The average molecular weight is 388 g/mol. The van der Waals surface area contributed by atoms with E-state index in [0.29, 0.717) is 29.5 Å². The van der Waals surface area contributed by atoms with Crippen LogP contribution in [0, 0.1) is 5.92 Å². The van der Waals surface area contributed by atoms with Gasteiger partial charge in [-0.3, -0.25) is 9.59 Å². The van der Waals surface area contributed by atoms with Gasteiger partial charge in [-0.15, -0.1) is 12.4 Å². The zero-order valence-electron chi connectivity index (χ0n) is 14.8. The molecule has 2 rings (SSSR count). The third kappa shape index (κ3) is 6.84. The van der Waals surface area contributed by atoms with E-state index < -0.39 is 6.04 Å². The molecule has 1 aromatic rings. The fourth-order valence-electron chi connectivity index (χ4n) is 2.82. The van der Waals surface area contributed by atoms with E-state index in [9.17, 15) is 9.59 Å². The van der Waals surface area contributed by atoms with Gasteiger partial charge >= 0.3 is 0 Å². The van der Waals surface area contributed by atoms with Crippen LogP contribution in [-0.2, 0) is 4.79 Å². The number of hydrogen-bond donors (Lipinski definition) is 2. The van der Waals surface area contributed by atoms with Crippen molar-refractivity contribution in [3.63, 3.8) is 0 Å². The predicted octanol–water partition coefficient (Wildman–Crippen LogP) is 2.73. The molecular formula is C18H27Cl2N3O2. The van der Waals surface area contributed by atoms with Crippen molar-refractivity contribution in [2.45, 2.75) is 32.7 Å². The van der Waals surface area contributed by atoms with Crippen molar-refractivity contribution in [1.29, 1.82) is 0 Å². The third-order valence-electron chi connectivity index (χ3n) is 4.07. The average Bonchev–Trinajstić information content (AvgIpc) is 2.83. The lowest BCUT2D eigenvalue weighted by atomic mass is 10.0. The zero-order valence-corrected chi connectivity index (χ0v) is 16.3. The van der Waals surface area contributed by atoms with E-state index in [2.05, 4.69) is 24.5 Å². The Morgan fingerprint density at radius 3 is 2.52 bits per heavy atom. The van der Waals surface area contributed by atoms with E-state index in [-0.39, 0.29) is 24.2 Å². The van der Waals surface area contributed by atoms with Crippen LogP contribution in [-0.4, -0.2) is 48.9 Å². The van der Waals surface area contributed by atoms with Gasteiger partial charge in [0.2, 0.25) is 5.91 Å². The van der Waals surface area contributed by atoms with Crippen molar-refractivity contribution in [3.8, 4) is 0 Å². The normalized spacial score (nSPS) is 15.9. The molecule has 2 amide bonds. The van der Waals surface area contributed by atoms with E-state index in [1.54, 1.807) is 24.3 Å². The first-order valence-corrected chi connectivity index (χ1v) is 8.91. The lowest BCUT2D eigenvalue weighted by molar-refractivity contribution is -0.133. The number of hydrogen-bond acceptors (Lipinski definition) is 3. The van der Waals surface area contributed by atoms with E-state index >= 15 is 0 Å². The zero-order chi connectivity index (χ0) is 17.5. The van der Waals surface area contributed by atoms with Crippen molar-refractivity contribution in [2.75, 3.05) is 26.2 Å². The molecule has 1 heterocycles. The molecule has 0 saturated carbocycles. The van der Waals surface area contributed by atoms with Crippen LogP contribution in [0.2, 0.25) is 5.02 Å².